The zero-order valence-corrected chi connectivity index (χ0v) is 13.8. The first-order valence-electron chi connectivity index (χ1n) is 7.66. The molecule has 0 atom stereocenters. The van der Waals surface area contributed by atoms with Gasteiger partial charge in [0.1, 0.15) is 17.3 Å². The maximum Gasteiger partial charge on any atom is 0.251 e. The van der Waals surface area contributed by atoms with Crippen LogP contribution < -0.4 is 15.4 Å². The minimum atomic E-state index is -0.366. The molecule has 25 heavy (non-hydrogen) atoms. The van der Waals surface area contributed by atoms with Crippen LogP contribution in [0.4, 0.5) is 4.39 Å². The Kier molecular flexibility index (Phi) is 6.91. The van der Waals surface area contributed by atoms with E-state index in [2.05, 4.69) is 10.6 Å². The second-order valence-corrected chi connectivity index (χ2v) is 5.11. The SMILES string of the molecule is COCCNC(=O)CNC(=O)c1ccc(Oc2ccc(F)cc2)cc1. The molecule has 0 aromatic heterocycles. The summed E-state index contributed by atoms with van der Waals surface area (Å²) in [5.74, 6) is 0.00862. The monoisotopic (exact) mass is 346 g/mol. The van der Waals surface area contributed by atoms with E-state index in [9.17, 15) is 14.0 Å². The Bertz CT molecular complexity index is 702. The Morgan fingerprint density at radius 2 is 1.56 bits per heavy atom. The van der Waals surface area contributed by atoms with Gasteiger partial charge in [-0.1, -0.05) is 0 Å². The molecule has 7 heteroatoms. The predicted octanol–water partition coefficient (Wildman–Crippen LogP) is 2.11. The van der Waals surface area contributed by atoms with Crippen molar-refractivity contribution in [3.8, 4) is 11.5 Å². The lowest BCUT2D eigenvalue weighted by atomic mass is 10.2. The zero-order valence-electron chi connectivity index (χ0n) is 13.8. The average Bonchev–Trinajstić information content (AvgIpc) is 2.62. The molecule has 0 spiro atoms. The zero-order chi connectivity index (χ0) is 18.1. The number of hydrogen-bond donors (Lipinski definition) is 2. The number of amides is 2. The van der Waals surface area contributed by atoms with E-state index < -0.39 is 0 Å². The second kappa shape index (κ2) is 9.39. The topological polar surface area (TPSA) is 76.7 Å². The van der Waals surface area contributed by atoms with Crippen LogP contribution in [0.1, 0.15) is 10.4 Å². The van der Waals surface area contributed by atoms with Gasteiger partial charge in [-0.2, -0.15) is 0 Å². The first kappa shape index (κ1) is 18.4. The maximum absolute atomic E-state index is 12.8. The lowest BCUT2D eigenvalue weighted by Gasteiger charge is -2.08. The molecule has 2 aromatic carbocycles. The molecule has 0 heterocycles. The molecular formula is C18H19FN2O4. The molecule has 2 amide bonds. The average molecular weight is 346 g/mol. The van der Waals surface area contributed by atoms with Crippen LogP contribution in [-0.2, 0) is 9.53 Å². The smallest absolute Gasteiger partial charge is 0.251 e. The van der Waals surface area contributed by atoms with Gasteiger partial charge in [-0.25, -0.2) is 4.39 Å². The van der Waals surface area contributed by atoms with Gasteiger partial charge in [-0.3, -0.25) is 9.59 Å². The Balaban J connectivity index is 1.83. The van der Waals surface area contributed by atoms with E-state index in [0.717, 1.165) is 0 Å². The van der Waals surface area contributed by atoms with E-state index >= 15 is 0 Å². The van der Waals surface area contributed by atoms with Gasteiger partial charge in [0.2, 0.25) is 5.91 Å². The van der Waals surface area contributed by atoms with Crippen LogP contribution in [0.5, 0.6) is 11.5 Å². The first-order chi connectivity index (χ1) is 12.1. The highest BCUT2D eigenvalue weighted by atomic mass is 19.1. The van der Waals surface area contributed by atoms with Crippen LogP contribution in [0.15, 0.2) is 48.5 Å². The number of halogens is 1. The van der Waals surface area contributed by atoms with E-state index in [1.165, 1.54) is 31.4 Å². The molecule has 2 aromatic rings. The third kappa shape index (κ3) is 6.23. The van der Waals surface area contributed by atoms with Gasteiger partial charge in [0.05, 0.1) is 13.2 Å². The summed E-state index contributed by atoms with van der Waals surface area (Å²) in [6, 6.07) is 12.0. The van der Waals surface area contributed by atoms with Crippen molar-refractivity contribution in [3.05, 3.63) is 59.9 Å². The third-order valence-electron chi connectivity index (χ3n) is 3.20. The Hall–Kier alpha value is -2.93. The van der Waals surface area contributed by atoms with Crippen molar-refractivity contribution in [2.24, 2.45) is 0 Å². The van der Waals surface area contributed by atoms with E-state index in [1.807, 2.05) is 0 Å². The number of methoxy groups -OCH3 is 1. The maximum atomic E-state index is 12.8. The molecule has 6 nitrogen and oxygen atoms in total. The fourth-order valence-electron chi connectivity index (χ4n) is 1.93. The molecule has 0 aliphatic rings. The molecule has 0 saturated carbocycles. The van der Waals surface area contributed by atoms with Crippen LogP contribution in [-0.4, -0.2) is 38.6 Å². The van der Waals surface area contributed by atoms with Gasteiger partial charge in [-0.15, -0.1) is 0 Å². The van der Waals surface area contributed by atoms with Crippen LogP contribution in [0.3, 0.4) is 0 Å². The molecule has 0 bridgehead atoms. The summed E-state index contributed by atoms with van der Waals surface area (Å²) >= 11 is 0. The second-order valence-electron chi connectivity index (χ2n) is 5.11. The molecular weight excluding hydrogens is 327 g/mol. The van der Waals surface area contributed by atoms with Gasteiger partial charge in [-0.05, 0) is 48.5 Å². The lowest BCUT2D eigenvalue weighted by molar-refractivity contribution is -0.120. The molecule has 0 aliphatic carbocycles. The number of hydrogen-bond acceptors (Lipinski definition) is 4. The van der Waals surface area contributed by atoms with E-state index in [-0.39, 0.29) is 24.2 Å². The molecule has 132 valence electrons. The highest BCUT2D eigenvalue weighted by molar-refractivity contribution is 5.96. The summed E-state index contributed by atoms with van der Waals surface area (Å²) in [4.78, 5) is 23.5. The number of carbonyl (C=O) groups excluding carboxylic acids is 2. The molecule has 2 N–H and O–H groups in total. The predicted molar refractivity (Wildman–Crippen MR) is 90.1 cm³/mol. The van der Waals surface area contributed by atoms with E-state index in [4.69, 9.17) is 9.47 Å². The quantitative estimate of drug-likeness (QED) is 0.718. The molecule has 0 aliphatic heterocycles. The van der Waals surface area contributed by atoms with Gasteiger partial charge in [0, 0.05) is 19.2 Å². The number of benzene rings is 2. The normalized spacial score (nSPS) is 10.2. The Morgan fingerprint density at radius 3 is 2.16 bits per heavy atom. The standard InChI is InChI=1S/C18H19FN2O4/c1-24-11-10-20-17(22)12-21-18(23)13-2-6-15(7-3-13)25-16-8-4-14(19)5-9-16/h2-9H,10-12H2,1H3,(H,20,22)(H,21,23). The van der Waals surface area contributed by atoms with Crippen LogP contribution in [0.2, 0.25) is 0 Å². The molecule has 2 rings (SSSR count). The highest BCUT2D eigenvalue weighted by Crippen LogP contribution is 2.21. The van der Waals surface area contributed by atoms with E-state index in [0.29, 0.717) is 30.2 Å². The van der Waals surface area contributed by atoms with Gasteiger partial charge in [0.15, 0.2) is 0 Å². The minimum absolute atomic E-state index is 0.115. The van der Waals surface area contributed by atoms with Crippen LogP contribution >= 0.6 is 0 Å². The lowest BCUT2D eigenvalue weighted by Crippen LogP contribution is -2.38. The van der Waals surface area contributed by atoms with Crippen molar-refractivity contribution in [1.29, 1.82) is 0 Å². The van der Waals surface area contributed by atoms with E-state index in [1.54, 1.807) is 24.3 Å². The van der Waals surface area contributed by atoms with Gasteiger partial charge in [0.25, 0.3) is 5.91 Å². The highest BCUT2D eigenvalue weighted by Gasteiger charge is 2.08. The largest absolute Gasteiger partial charge is 0.457 e. The molecule has 0 unspecified atom stereocenters. The van der Waals surface area contributed by atoms with Crippen molar-refractivity contribution >= 4 is 11.8 Å². The summed E-state index contributed by atoms with van der Waals surface area (Å²) in [7, 11) is 1.54. The molecule has 0 radical (unpaired) electrons. The Morgan fingerprint density at radius 1 is 0.960 bits per heavy atom. The molecule has 0 fully saturated rings. The van der Waals surface area contributed by atoms with Crippen LogP contribution in [0.25, 0.3) is 0 Å². The number of nitrogens with one attached hydrogen (secondary N) is 2. The van der Waals surface area contributed by atoms with Crippen molar-refractivity contribution in [1.82, 2.24) is 10.6 Å². The molecule has 0 saturated heterocycles. The van der Waals surface area contributed by atoms with Crippen LogP contribution in [0, 0.1) is 5.82 Å². The summed E-state index contributed by atoms with van der Waals surface area (Å²) in [5, 5.41) is 5.13. The van der Waals surface area contributed by atoms with Gasteiger partial charge < -0.3 is 20.1 Å². The number of carbonyl (C=O) groups is 2. The fourth-order valence-corrected chi connectivity index (χ4v) is 1.93. The van der Waals surface area contributed by atoms with Gasteiger partial charge >= 0.3 is 0 Å². The van der Waals surface area contributed by atoms with Crippen molar-refractivity contribution in [3.63, 3.8) is 0 Å². The first-order valence-corrected chi connectivity index (χ1v) is 7.66. The summed E-state index contributed by atoms with van der Waals surface area (Å²) in [5.41, 5.74) is 0.399. The van der Waals surface area contributed by atoms with Crippen molar-refractivity contribution in [2.45, 2.75) is 0 Å². The van der Waals surface area contributed by atoms with Crippen molar-refractivity contribution < 1.29 is 23.5 Å². The minimum Gasteiger partial charge on any atom is -0.457 e. The summed E-state index contributed by atoms with van der Waals surface area (Å²) in [6.07, 6.45) is 0. The number of ether oxygens (including phenoxy) is 2. The number of rotatable bonds is 8. The van der Waals surface area contributed by atoms with Crippen molar-refractivity contribution in [2.75, 3.05) is 26.8 Å². The Labute approximate surface area is 144 Å². The fraction of sp³-hybridized carbons (Fsp3) is 0.222. The summed E-state index contributed by atoms with van der Waals surface area (Å²) in [6.45, 7) is 0.687. The summed E-state index contributed by atoms with van der Waals surface area (Å²) < 4.78 is 23.2. The third-order valence-corrected chi connectivity index (χ3v) is 3.20.